The Kier molecular flexibility index (Phi) is 3.71. The fraction of sp³-hybridized carbons (Fsp3) is 0.333. The Morgan fingerprint density at radius 1 is 1.53 bits per heavy atom. The number of amidine groups is 1. The number of hydrogen-bond acceptors (Lipinski definition) is 5. The SMILES string of the molecule is C#CCCOC(=O)C1=CN2CCS(=O)(=O)N=C2C=C1. The molecule has 0 spiro atoms. The molecule has 19 heavy (non-hydrogen) atoms. The second-order valence-electron chi connectivity index (χ2n) is 3.94. The number of nitrogens with zero attached hydrogens (tertiary/aromatic N) is 2. The number of carbonyl (C=O) groups excluding carboxylic acids is 1. The highest BCUT2D eigenvalue weighted by molar-refractivity contribution is 7.90. The Bertz CT molecular complexity index is 623. The largest absolute Gasteiger partial charge is 0.461 e. The first-order valence-corrected chi connectivity index (χ1v) is 7.22. The highest BCUT2D eigenvalue weighted by Crippen LogP contribution is 2.16. The summed E-state index contributed by atoms with van der Waals surface area (Å²) in [5.74, 6) is 2.12. The number of hydrogen-bond donors (Lipinski definition) is 0. The van der Waals surface area contributed by atoms with Crippen LogP contribution in [0.4, 0.5) is 0 Å². The van der Waals surface area contributed by atoms with Gasteiger partial charge in [-0.15, -0.1) is 16.7 Å². The van der Waals surface area contributed by atoms with Crippen molar-refractivity contribution in [1.82, 2.24) is 4.90 Å². The summed E-state index contributed by atoms with van der Waals surface area (Å²) in [6.07, 6.45) is 9.91. The predicted octanol–water partition coefficient (Wildman–Crippen LogP) is 0.0505. The summed E-state index contributed by atoms with van der Waals surface area (Å²) in [5, 5.41) is 0. The first kappa shape index (κ1) is 13.4. The number of terminal acetylenes is 1. The van der Waals surface area contributed by atoms with Gasteiger partial charge >= 0.3 is 5.97 Å². The van der Waals surface area contributed by atoms with Gasteiger partial charge in [-0.2, -0.15) is 0 Å². The quantitative estimate of drug-likeness (QED) is 0.415. The topological polar surface area (TPSA) is 76.0 Å². The molecule has 2 aliphatic rings. The van der Waals surface area contributed by atoms with Crippen molar-refractivity contribution in [3.63, 3.8) is 0 Å². The van der Waals surface area contributed by atoms with E-state index in [0.29, 0.717) is 17.8 Å². The van der Waals surface area contributed by atoms with Crippen molar-refractivity contribution in [1.29, 1.82) is 0 Å². The van der Waals surface area contributed by atoms with E-state index in [2.05, 4.69) is 10.3 Å². The summed E-state index contributed by atoms with van der Waals surface area (Å²) in [7, 11) is -3.38. The maximum absolute atomic E-state index is 11.7. The van der Waals surface area contributed by atoms with Crippen LogP contribution in [0.1, 0.15) is 6.42 Å². The van der Waals surface area contributed by atoms with Crippen LogP contribution in [-0.2, 0) is 19.6 Å². The van der Waals surface area contributed by atoms with Crippen LogP contribution in [0.5, 0.6) is 0 Å². The average molecular weight is 280 g/mol. The standard InChI is InChI=1S/C12H12N2O4S/c1-2-3-7-18-12(15)10-4-5-11-13-19(16,17)8-6-14(11)9-10/h1,4-5,9H,3,6-8H2. The number of rotatable bonds is 3. The Morgan fingerprint density at radius 3 is 3.05 bits per heavy atom. The van der Waals surface area contributed by atoms with E-state index in [1.54, 1.807) is 4.90 Å². The van der Waals surface area contributed by atoms with Gasteiger partial charge in [-0.1, -0.05) is 0 Å². The number of ether oxygens (including phenoxy) is 1. The fourth-order valence-electron chi connectivity index (χ4n) is 1.61. The molecule has 0 saturated carbocycles. The minimum absolute atomic E-state index is 0.0692. The zero-order valence-corrected chi connectivity index (χ0v) is 10.9. The Morgan fingerprint density at radius 2 is 2.32 bits per heavy atom. The van der Waals surface area contributed by atoms with Crippen molar-refractivity contribution in [3.8, 4) is 12.3 Å². The lowest BCUT2D eigenvalue weighted by atomic mass is 10.2. The summed E-state index contributed by atoms with van der Waals surface area (Å²) in [4.78, 5) is 13.3. The lowest BCUT2D eigenvalue weighted by molar-refractivity contribution is -0.138. The number of carbonyl (C=O) groups is 1. The van der Waals surface area contributed by atoms with E-state index < -0.39 is 16.0 Å². The van der Waals surface area contributed by atoms with Crippen molar-refractivity contribution in [2.75, 3.05) is 18.9 Å². The zero-order valence-electron chi connectivity index (χ0n) is 10.1. The number of fused-ring (bicyclic) bond motifs is 1. The van der Waals surface area contributed by atoms with E-state index in [1.165, 1.54) is 18.4 Å². The highest BCUT2D eigenvalue weighted by atomic mass is 32.2. The second kappa shape index (κ2) is 5.28. The Labute approximate surface area is 111 Å². The molecule has 2 rings (SSSR count). The molecule has 0 saturated heterocycles. The molecule has 0 aromatic rings. The van der Waals surface area contributed by atoms with Crippen molar-refractivity contribution in [3.05, 3.63) is 23.9 Å². The van der Waals surface area contributed by atoms with Gasteiger partial charge in [0.15, 0.2) is 0 Å². The first-order valence-electron chi connectivity index (χ1n) is 5.61. The third-order valence-corrected chi connectivity index (χ3v) is 3.70. The third kappa shape index (κ3) is 3.23. The summed E-state index contributed by atoms with van der Waals surface area (Å²) in [6.45, 7) is 0.433. The maximum Gasteiger partial charge on any atom is 0.339 e. The fourth-order valence-corrected chi connectivity index (χ4v) is 2.58. The van der Waals surface area contributed by atoms with Crippen molar-refractivity contribution < 1.29 is 17.9 Å². The van der Waals surface area contributed by atoms with E-state index in [0.717, 1.165) is 0 Å². The zero-order chi connectivity index (χ0) is 13.9. The van der Waals surface area contributed by atoms with Crippen LogP contribution in [-0.4, -0.2) is 44.0 Å². The third-order valence-electron chi connectivity index (χ3n) is 2.54. The average Bonchev–Trinajstić information content (AvgIpc) is 2.37. The van der Waals surface area contributed by atoms with Gasteiger partial charge in [-0.05, 0) is 12.2 Å². The molecule has 2 heterocycles. The molecule has 0 aromatic carbocycles. The number of sulfonamides is 1. The molecule has 0 N–H and O–H groups in total. The lowest BCUT2D eigenvalue weighted by Crippen LogP contribution is -2.37. The van der Waals surface area contributed by atoms with E-state index in [-0.39, 0.29) is 18.9 Å². The molecular formula is C12H12N2O4S. The molecule has 0 fully saturated rings. The highest BCUT2D eigenvalue weighted by Gasteiger charge is 2.25. The van der Waals surface area contributed by atoms with Gasteiger partial charge in [0.05, 0.1) is 11.3 Å². The van der Waals surface area contributed by atoms with Crippen LogP contribution >= 0.6 is 0 Å². The van der Waals surface area contributed by atoms with Gasteiger partial charge in [0.25, 0.3) is 10.0 Å². The van der Waals surface area contributed by atoms with Crippen molar-refractivity contribution in [2.45, 2.75) is 6.42 Å². The molecule has 0 amide bonds. The molecule has 0 unspecified atom stereocenters. The van der Waals surface area contributed by atoms with Crippen LogP contribution in [0.2, 0.25) is 0 Å². The van der Waals surface area contributed by atoms with E-state index in [1.807, 2.05) is 0 Å². The van der Waals surface area contributed by atoms with Crippen LogP contribution in [0.3, 0.4) is 0 Å². The van der Waals surface area contributed by atoms with E-state index in [9.17, 15) is 13.2 Å². The van der Waals surface area contributed by atoms with E-state index in [4.69, 9.17) is 11.2 Å². The molecule has 0 bridgehead atoms. The van der Waals surface area contributed by atoms with Gasteiger partial charge in [-0.25, -0.2) is 13.2 Å². The minimum Gasteiger partial charge on any atom is -0.461 e. The second-order valence-corrected chi connectivity index (χ2v) is 5.69. The molecular weight excluding hydrogens is 268 g/mol. The van der Waals surface area contributed by atoms with Crippen molar-refractivity contribution >= 4 is 21.8 Å². The van der Waals surface area contributed by atoms with Crippen LogP contribution < -0.4 is 0 Å². The molecule has 0 aromatic heterocycles. The Balaban J connectivity index is 2.09. The van der Waals surface area contributed by atoms with Gasteiger partial charge in [0.2, 0.25) is 0 Å². The molecule has 0 radical (unpaired) electrons. The molecule has 7 heteroatoms. The van der Waals surface area contributed by atoms with Crippen LogP contribution in [0.15, 0.2) is 28.3 Å². The normalized spacial score (nSPS) is 19.8. The molecule has 2 aliphatic heterocycles. The maximum atomic E-state index is 11.7. The predicted molar refractivity (Wildman–Crippen MR) is 69.6 cm³/mol. The summed E-state index contributed by atoms with van der Waals surface area (Å²) in [6, 6.07) is 0. The van der Waals surface area contributed by atoms with Crippen LogP contribution in [0, 0.1) is 12.3 Å². The summed E-state index contributed by atoms with van der Waals surface area (Å²) >= 11 is 0. The van der Waals surface area contributed by atoms with Gasteiger partial charge in [-0.3, -0.25) is 0 Å². The monoisotopic (exact) mass is 280 g/mol. The lowest BCUT2D eigenvalue weighted by Gasteiger charge is -2.26. The van der Waals surface area contributed by atoms with E-state index >= 15 is 0 Å². The van der Waals surface area contributed by atoms with Crippen molar-refractivity contribution in [2.24, 2.45) is 4.40 Å². The van der Waals surface area contributed by atoms with Gasteiger partial charge < -0.3 is 9.64 Å². The first-order chi connectivity index (χ1) is 9.02. The number of esters is 1. The minimum atomic E-state index is -3.38. The van der Waals surface area contributed by atoms with Gasteiger partial charge in [0.1, 0.15) is 12.4 Å². The van der Waals surface area contributed by atoms with Gasteiger partial charge in [0, 0.05) is 19.2 Å². The summed E-state index contributed by atoms with van der Waals surface area (Å²) in [5.41, 5.74) is 0.343. The molecule has 100 valence electrons. The Hall–Kier alpha value is -2.07. The molecule has 6 nitrogen and oxygen atoms in total. The smallest absolute Gasteiger partial charge is 0.339 e. The summed E-state index contributed by atoms with van der Waals surface area (Å²) < 4.78 is 31.2. The molecule has 0 atom stereocenters. The molecule has 0 aliphatic carbocycles. The van der Waals surface area contributed by atoms with Crippen LogP contribution in [0.25, 0.3) is 0 Å².